The van der Waals surface area contributed by atoms with Crippen LogP contribution in [0.2, 0.25) is 0 Å². The van der Waals surface area contributed by atoms with E-state index in [1.807, 2.05) is 36.7 Å². The molecule has 2 aromatic carbocycles. The molecule has 0 unspecified atom stereocenters. The molecule has 4 rings (SSSR count). The number of fused-ring (bicyclic) bond motifs is 1. The van der Waals surface area contributed by atoms with E-state index in [1.165, 1.54) is 0 Å². The van der Waals surface area contributed by atoms with Crippen molar-refractivity contribution >= 4 is 75.9 Å². The van der Waals surface area contributed by atoms with Crippen LogP contribution in [0.25, 0.3) is 22.2 Å². The zero-order chi connectivity index (χ0) is 22.4. The number of anilines is 1. The van der Waals surface area contributed by atoms with Crippen molar-refractivity contribution in [3.05, 3.63) is 47.7 Å². The maximum absolute atomic E-state index is 13.9. The summed E-state index contributed by atoms with van der Waals surface area (Å²) in [6, 6.07) is 7.29. The van der Waals surface area contributed by atoms with Crippen LogP contribution in [0.1, 0.15) is 16.2 Å². The Bertz CT molecular complexity index is 1340. The van der Waals surface area contributed by atoms with Crippen LogP contribution in [-0.2, 0) is 7.05 Å². The number of halogens is 1. The van der Waals surface area contributed by atoms with Gasteiger partial charge >= 0.3 is 0 Å². The van der Waals surface area contributed by atoms with Crippen LogP contribution in [0.3, 0.4) is 0 Å². The zero-order valence-electron chi connectivity index (χ0n) is 16.8. The number of aryl methyl sites for hydroxylation is 1. The number of aromatic nitrogens is 4. The minimum atomic E-state index is -0.963. The molecule has 2 heterocycles. The van der Waals surface area contributed by atoms with Gasteiger partial charge in [0.1, 0.15) is 43.0 Å². The van der Waals surface area contributed by atoms with Gasteiger partial charge in [0.05, 0.1) is 17.4 Å². The van der Waals surface area contributed by atoms with E-state index >= 15 is 0 Å². The van der Waals surface area contributed by atoms with E-state index in [2.05, 4.69) is 20.5 Å². The Morgan fingerprint density at radius 3 is 2.32 bits per heavy atom. The van der Waals surface area contributed by atoms with E-state index in [1.54, 1.807) is 12.3 Å². The molecule has 1 amide bonds. The molecule has 6 nitrogen and oxygen atoms in total. The van der Waals surface area contributed by atoms with Gasteiger partial charge < -0.3 is 9.88 Å². The van der Waals surface area contributed by atoms with Gasteiger partial charge in [-0.05, 0) is 25.1 Å². The SMILES string of the molecule is [B]c1c([B])c(C(=O)Nc2cc3cc(-c4cnc(C)n4C)ccc3nn2)c([B])c([B])c1F. The number of hydrogen-bond donors (Lipinski definition) is 1. The van der Waals surface area contributed by atoms with Crippen molar-refractivity contribution < 1.29 is 9.18 Å². The molecule has 0 spiro atoms. The highest BCUT2D eigenvalue weighted by Gasteiger charge is 2.19. The quantitative estimate of drug-likeness (QED) is 0.444. The Hall–Kier alpha value is -3.35. The van der Waals surface area contributed by atoms with Crippen molar-refractivity contribution in [3.63, 3.8) is 0 Å². The van der Waals surface area contributed by atoms with Gasteiger partial charge in [0.2, 0.25) is 0 Å². The number of carbonyl (C=O) groups excluding carboxylic acids is 1. The maximum atomic E-state index is 13.9. The number of amides is 1. The Kier molecular flexibility index (Phi) is 5.21. The average molecular weight is 401 g/mol. The second-order valence-electron chi connectivity index (χ2n) is 7.05. The fourth-order valence-electron chi connectivity index (χ4n) is 3.26. The Morgan fingerprint density at radius 1 is 1.03 bits per heavy atom. The molecule has 31 heavy (non-hydrogen) atoms. The second kappa shape index (κ2) is 7.72. The van der Waals surface area contributed by atoms with Gasteiger partial charge in [-0.1, -0.05) is 27.9 Å². The van der Waals surface area contributed by atoms with Gasteiger partial charge in [0.25, 0.3) is 5.91 Å². The molecule has 0 aliphatic carbocycles. The van der Waals surface area contributed by atoms with Crippen LogP contribution in [-0.4, -0.2) is 57.0 Å². The molecule has 0 atom stereocenters. The Morgan fingerprint density at radius 2 is 1.71 bits per heavy atom. The van der Waals surface area contributed by atoms with Crippen molar-refractivity contribution in [1.82, 2.24) is 19.7 Å². The van der Waals surface area contributed by atoms with E-state index in [0.717, 1.165) is 22.5 Å². The van der Waals surface area contributed by atoms with Gasteiger partial charge in [-0.15, -0.1) is 10.2 Å². The molecule has 0 aliphatic rings. The molecule has 11 heteroatoms. The predicted octanol–water partition coefficient (Wildman–Crippen LogP) is -1.09. The molecule has 0 fully saturated rings. The smallest absolute Gasteiger partial charge is 0.255 e. The molecule has 8 radical (unpaired) electrons. The summed E-state index contributed by atoms with van der Waals surface area (Å²) in [5.74, 6) is -0.671. The lowest BCUT2D eigenvalue weighted by atomic mass is 9.66. The normalized spacial score (nSPS) is 11.1. The van der Waals surface area contributed by atoms with Crippen LogP contribution in [0.15, 0.2) is 30.5 Å². The summed E-state index contributed by atoms with van der Waals surface area (Å²) in [6.07, 6.45) is 1.78. The van der Waals surface area contributed by atoms with Crippen molar-refractivity contribution in [2.45, 2.75) is 6.92 Å². The number of imidazole rings is 1. The maximum Gasteiger partial charge on any atom is 0.255 e. The largest absolute Gasteiger partial charge is 0.331 e. The third kappa shape index (κ3) is 3.54. The summed E-state index contributed by atoms with van der Waals surface area (Å²) >= 11 is 0. The summed E-state index contributed by atoms with van der Waals surface area (Å²) in [5.41, 5.74) is 0.768. The summed E-state index contributed by atoms with van der Waals surface area (Å²) in [5, 5.41) is 11.4. The van der Waals surface area contributed by atoms with Gasteiger partial charge in [-0.2, -0.15) is 0 Å². The van der Waals surface area contributed by atoms with Crippen LogP contribution in [0, 0.1) is 12.7 Å². The Labute approximate surface area is 183 Å². The van der Waals surface area contributed by atoms with E-state index in [4.69, 9.17) is 31.4 Å². The summed E-state index contributed by atoms with van der Waals surface area (Å²) in [6.45, 7) is 1.91. The molecule has 0 saturated carbocycles. The molecular formula is C20H12B4FN5O. The number of hydrogen-bond acceptors (Lipinski definition) is 4. The lowest BCUT2D eigenvalue weighted by Crippen LogP contribution is -2.49. The highest BCUT2D eigenvalue weighted by Crippen LogP contribution is 2.24. The van der Waals surface area contributed by atoms with Gasteiger partial charge in [0, 0.05) is 23.6 Å². The highest BCUT2D eigenvalue weighted by atomic mass is 19.1. The lowest BCUT2D eigenvalue weighted by molar-refractivity contribution is 0.102. The van der Waals surface area contributed by atoms with Gasteiger partial charge in [-0.25, -0.2) is 9.37 Å². The number of nitrogens with one attached hydrogen (secondary N) is 1. The van der Waals surface area contributed by atoms with Crippen LogP contribution in [0.5, 0.6) is 0 Å². The van der Waals surface area contributed by atoms with E-state index < -0.39 is 22.7 Å². The highest BCUT2D eigenvalue weighted by molar-refractivity contribution is 6.59. The number of benzene rings is 2. The summed E-state index contributed by atoms with van der Waals surface area (Å²) in [7, 11) is 24.7. The minimum absolute atomic E-state index is 0.149. The first kappa shape index (κ1) is 20.9. The fourth-order valence-corrected chi connectivity index (χ4v) is 3.26. The van der Waals surface area contributed by atoms with E-state index in [9.17, 15) is 9.18 Å². The zero-order valence-corrected chi connectivity index (χ0v) is 16.8. The molecule has 2 aromatic heterocycles. The number of rotatable bonds is 3. The van der Waals surface area contributed by atoms with Crippen molar-refractivity contribution in [2.24, 2.45) is 7.05 Å². The third-order valence-electron chi connectivity index (χ3n) is 5.16. The predicted molar refractivity (Wildman–Crippen MR) is 122 cm³/mol. The molecule has 142 valence electrons. The topological polar surface area (TPSA) is 72.7 Å². The molecule has 1 N–H and O–H groups in total. The van der Waals surface area contributed by atoms with Crippen LogP contribution < -0.4 is 27.2 Å². The van der Waals surface area contributed by atoms with Crippen molar-refractivity contribution in [1.29, 1.82) is 0 Å². The van der Waals surface area contributed by atoms with Gasteiger partial charge in [-0.3, -0.25) is 4.79 Å². The Balaban J connectivity index is 1.71. The minimum Gasteiger partial charge on any atom is -0.331 e. The van der Waals surface area contributed by atoms with Crippen molar-refractivity contribution in [3.8, 4) is 11.3 Å². The molecule has 0 bridgehead atoms. The second-order valence-corrected chi connectivity index (χ2v) is 7.05. The molecular weight excluding hydrogens is 389 g/mol. The monoisotopic (exact) mass is 401 g/mol. The molecule has 0 aliphatic heterocycles. The lowest BCUT2D eigenvalue weighted by Gasteiger charge is -2.17. The van der Waals surface area contributed by atoms with Crippen molar-refractivity contribution in [2.75, 3.05) is 5.32 Å². The molecule has 4 aromatic rings. The first-order valence-electron chi connectivity index (χ1n) is 9.18. The van der Waals surface area contributed by atoms with E-state index in [0.29, 0.717) is 5.52 Å². The number of carbonyl (C=O) groups is 1. The standard InChI is InChI=1S/C20H12B4FN5O/c1-8-26-7-12(30(8)2)9-3-4-11-10(5-9)6-13(29-28-11)27-20(31)14-15(21)17(23)19(25)18(24)16(14)22/h3-7H,1-2H3,(H,27,29,31). The van der Waals surface area contributed by atoms with E-state index in [-0.39, 0.29) is 22.3 Å². The van der Waals surface area contributed by atoms with Crippen LogP contribution in [0.4, 0.5) is 10.2 Å². The molecule has 0 saturated heterocycles. The first-order valence-corrected chi connectivity index (χ1v) is 9.18. The van der Waals surface area contributed by atoms with Gasteiger partial charge in [0.15, 0.2) is 5.82 Å². The number of nitrogens with zero attached hydrogens (tertiary/aromatic N) is 4. The third-order valence-corrected chi connectivity index (χ3v) is 5.16. The summed E-state index contributed by atoms with van der Waals surface area (Å²) < 4.78 is 15.9. The first-order chi connectivity index (χ1) is 14.7. The fraction of sp³-hybridized carbons (Fsp3) is 0.100. The average Bonchev–Trinajstić information content (AvgIpc) is 3.09. The van der Waals surface area contributed by atoms with Crippen LogP contribution >= 0.6 is 0 Å². The summed E-state index contributed by atoms with van der Waals surface area (Å²) in [4.78, 5) is 17.1.